The number of anilines is 2. The Morgan fingerprint density at radius 1 is 0.557 bits per heavy atom. The zero-order chi connectivity index (χ0) is 48.0. The van der Waals surface area contributed by atoms with Gasteiger partial charge in [-0.2, -0.15) is 12.1 Å². The van der Waals surface area contributed by atoms with Gasteiger partial charge in [-0.1, -0.05) is 165 Å². The fourth-order valence-electron chi connectivity index (χ4n) is 9.93. The first kappa shape index (κ1) is 47.2. The number of thiophene rings is 1. The average Bonchev–Trinajstić information content (AvgIpc) is 4.01. The van der Waals surface area contributed by atoms with Gasteiger partial charge in [-0.25, -0.2) is 4.98 Å². The van der Waals surface area contributed by atoms with Crippen molar-refractivity contribution >= 4 is 76.1 Å². The Kier molecular flexibility index (Phi) is 12.0. The van der Waals surface area contributed by atoms with E-state index in [1.165, 1.54) is 48.1 Å². The van der Waals surface area contributed by atoms with E-state index < -0.39 is 0 Å². The van der Waals surface area contributed by atoms with Gasteiger partial charge in [-0.3, -0.25) is 0 Å². The first-order chi connectivity index (χ1) is 33.0. The summed E-state index contributed by atoms with van der Waals surface area (Å²) in [4.78, 5) is 9.74. The first-order valence-electron chi connectivity index (χ1n) is 23.9. The maximum absolute atomic E-state index is 6.87. The zero-order valence-corrected chi connectivity index (χ0v) is 44.6. The second-order valence-corrected chi connectivity index (χ2v) is 22.6. The molecule has 0 unspecified atom stereocenters. The van der Waals surface area contributed by atoms with E-state index in [-0.39, 0.29) is 37.3 Å². The number of ether oxygens (including phenoxy) is 1. The molecule has 7 aromatic carbocycles. The van der Waals surface area contributed by atoms with Gasteiger partial charge in [0.1, 0.15) is 5.82 Å². The summed E-state index contributed by atoms with van der Waals surface area (Å²) >= 11 is 1.83. The van der Waals surface area contributed by atoms with E-state index in [9.17, 15) is 0 Å². The molecule has 70 heavy (non-hydrogen) atoms. The van der Waals surface area contributed by atoms with Crippen LogP contribution in [0.2, 0.25) is 0 Å². The van der Waals surface area contributed by atoms with Crippen LogP contribution in [-0.4, -0.2) is 9.55 Å². The van der Waals surface area contributed by atoms with Gasteiger partial charge in [-0.15, -0.1) is 59.4 Å². The number of pyridine rings is 1. The van der Waals surface area contributed by atoms with Crippen LogP contribution in [0.1, 0.15) is 95.7 Å². The summed E-state index contributed by atoms with van der Waals surface area (Å²) in [5.74, 6) is 2.04. The Morgan fingerprint density at radius 2 is 1.20 bits per heavy atom. The molecule has 10 aromatic rings. The van der Waals surface area contributed by atoms with Gasteiger partial charge in [-0.05, 0) is 86.2 Å². The Labute approximate surface area is 431 Å². The van der Waals surface area contributed by atoms with Crippen LogP contribution in [0.5, 0.6) is 11.5 Å². The summed E-state index contributed by atoms with van der Waals surface area (Å²) in [6, 6.07) is 61.7. The number of hydrogen-bond acceptors (Lipinski definition) is 5. The second-order valence-electron chi connectivity index (χ2n) is 21.5. The first-order valence-corrected chi connectivity index (χ1v) is 24.8. The molecule has 1 aliphatic rings. The quantitative estimate of drug-likeness (QED) is 0.149. The third kappa shape index (κ3) is 8.33. The molecule has 4 heterocycles. The molecule has 0 N–H and O–H groups in total. The number of hydrogen-bond donors (Lipinski definition) is 0. The molecule has 0 saturated heterocycles. The number of aromatic nitrogens is 2. The summed E-state index contributed by atoms with van der Waals surface area (Å²) in [6.07, 6.45) is 1.93. The molecule has 0 aliphatic carbocycles. The molecule has 0 fully saturated rings. The molecule has 7 heteroatoms. The number of fused-ring (bicyclic) bond motifs is 7. The Morgan fingerprint density at radius 3 is 1.89 bits per heavy atom. The number of benzene rings is 7. The summed E-state index contributed by atoms with van der Waals surface area (Å²) in [5, 5.41) is 4.72. The van der Waals surface area contributed by atoms with Crippen LogP contribution in [0.4, 0.5) is 11.4 Å². The van der Waals surface area contributed by atoms with E-state index in [4.69, 9.17) is 9.72 Å². The minimum absolute atomic E-state index is 0. The van der Waals surface area contributed by atoms with E-state index in [0.29, 0.717) is 11.5 Å². The summed E-state index contributed by atoms with van der Waals surface area (Å²) < 4.78 is 11.7. The SMILES string of the molecule is Cc1cc(C(C)(C)C)cc(C(C)(C)C)c1N1[CH-]N(c2[c-]c(Oc3[c-]c4c(cc3)c3ccc5sc6ccccc6c5c3n4-c3cc(C(C)(C)C)ccn3)ccc2)C(c2ccccc2)=C1c1ccccc1.[Pt]. The number of aryl methyl sites for hydroxylation is 1. The molecule has 11 rings (SSSR count). The van der Waals surface area contributed by atoms with Crippen molar-refractivity contribution in [1.82, 2.24) is 9.55 Å². The van der Waals surface area contributed by atoms with E-state index >= 15 is 0 Å². The second kappa shape index (κ2) is 17.7. The van der Waals surface area contributed by atoms with Gasteiger partial charge in [0, 0.05) is 76.0 Å². The van der Waals surface area contributed by atoms with Gasteiger partial charge in [0.05, 0.1) is 5.52 Å². The number of rotatable bonds is 7. The molecule has 0 amide bonds. The normalized spacial score (nSPS) is 13.6. The van der Waals surface area contributed by atoms with Crippen molar-refractivity contribution in [2.24, 2.45) is 0 Å². The molecule has 0 radical (unpaired) electrons. The Hall–Kier alpha value is -6.46. The smallest absolute Gasteiger partial charge is 0.135 e. The van der Waals surface area contributed by atoms with Crippen LogP contribution in [-0.2, 0) is 37.3 Å². The molecular formula is C63H57N4OPtS-3. The predicted molar refractivity (Wildman–Crippen MR) is 292 cm³/mol. The van der Waals surface area contributed by atoms with Crippen molar-refractivity contribution in [3.63, 3.8) is 0 Å². The van der Waals surface area contributed by atoms with E-state index in [1.54, 1.807) is 0 Å². The van der Waals surface area contributed by atoms with Crippen molar-refractivity contribution in [3.05, 3.63) is 210 Å². The summed E-state index contributed by atoms with van der Waals surface area (Å²) in [6.45, 7) is 25.1. The van der Waals surface area contributed by atoms with Gasteiger partial charge < -0.3 is 19.1 Å². The van der Waals surface area contributed by atoms with E-state index in [0.717, 1.165) is 55.8 Å². The van der Waals surface area contributed by atoms with Gasteiger partial charge >= 0.3 is 0 Å². The minimum Gasteiger partial charge on any atom is -0.509 e. The van der Waals surface area contributed by atoms with Crippen LogP contribution in [0.25, 0.3) is 59.2 Å². The molecule has 5 nitrogen and oxygen atoms in total. The maximum Gasteiger partial charge on any atom is 0.135 e. The van der Waals surface area contributed by atoms with Crippen molar-refractivity contribution in [1.29, 1.82) is 0 Å². The molecule has 0 saturated carbocycles. The largest absolute Gasteiger partial charge is 0.509 e. The fraction of sp³-hybridized carbons (Fsp3) is 0.206. The van der Waals surface area contributed by atoms with Crippen LogP contribution in [0.3, 0.4) is 0 Å². The monoisotopic (exact) mass is 1110 g/mol. The van der Waals surface area contributed by atoms with Crippen LogP contribution in [0.15, 0.2) is 158 Å². The molecule has 0 spiro atoms. The fourth-order valence-corrected chi connectivity index (χ4v) is 11.0. The topological polar surface area (TPSA) is 33.5 Å². The molecular weight excluding hydrogens is 1060 g/mol. The Bertz CT molecular complexity index is 3640. The van der Waals surface area contributed by atoms with Crippen molar-refractivity contribution in [3.8, 4) is 17.3 Å². The van der Waals surface area contributed by atoms with Gasteiger partial charge in [0.2, 0.25) is 0 Å². The predicted octanol–water partition coefficient (Wildman–Crippen LogP) is 17.1. The number of nitrogens with zero attached hydrogens (tertiary/aromatic N) is 4. The van der Waals surface area contributed by atoms with Crippen LogP contribution in [0, 0.1) is 25.7 Å². The molecule has 3 aromatic heterocycles. The molecule has 354 valence electrons. The maximum atomic E-state index is 6.87. The minimum atomic E-state index is -0.143. The van der Waals surface area contributed by atoms with Crippen molar-refractivity contribution < 1.29 is 25.8 Å². The summed E-state index contributed by atoms with van der Waals surface area (Å²) in [5.41, 5.74) is 13.3. The standard InChI is InChI=1S/C63H57N4OS.Pt/c1-40-34-44(62(5,6)7)35-51(63(8,9)10)57(40)66-39-65(58(41-20-13-11-14-21-41)59(66)42-22-15-12-16-23-42)45-24-19-25-46(37-45)68-47-28-29-48-49-30-31-54-56(50-26-17-18-27-53(50)69-54)60(49)67(52(48)38-47)55-36-43(32-33-64-55)61(2,3)4;/h11-36,39H,1-10H3;/q-3;. The van der Waals surface area contributed by atoms with E-state index in [1.807, 2.05) is 29.7 Å². The van der Waals surface area contributed by atoms with Gasteiger partial charge in [0.15, 0.2) is 0 Å². The van der Waals surface area contributed by atoms with E-state index in [2.05, 4.69) is 242 Å². The summed E-state index contributed by atoms with van der Waals surface area (Å²) in [7, 11) is 0. The van der Waals surface area contributed by atoms with Crippen LogP contribution >= 0.6 is 11.3 Å². The molecule has 0 atom stereocenters. The third-order valence-corrected chi connectivity index (χ3v) is 14.6. The van der Waals surface area contributed by atoms with Crippen molar-refractivity contribution in [2.75, 3.05) is 9.80 Å². The van der Waals surface area contributed by atoms with Crippen molar-refractivity contribution in [2.45, 2.75) is 85.5 Å². The third-order valence-electron chi connectivity index (χ3n) is 13.5. The molecule has 0 bridgehead atoms. The van der Waals surface area contributed by atoms with Crippen LogP contribution < -0.4 is 14.5 Å². The van der Waals surface area contributed by atoms with Gasteiger partial charge in [0.25, 0.3) is 0 Å². The average molecular weight is 1110 g/mol. The zero-order valence-electron chi connectivity index (χ0n) is 41.5. The molecule has 1 aliphatic heterocycles. The Balaban J connectivity index is 0.00000567.